The van der Waals surface area contributed by atoms with Gasteiger partial charge in [0.25, 0.3) is 0 Å². The van der Waals surface area contributed by atoms with Gasteiger partial charge in [0.15, 0.2) is 5.82 Å². The first-order valence-corrected chi connectivity index (χ1v) is 12.8. The van der Waals surface area contributed by atoms with Gasteiger partial charge in [-0.1, -0.05) is 0 Å². The second-order valence-corrected chi connectivity index (χ2v) is 10.7. The van der Waals surface area contributed by atoms with Crippen molar-refractivity contribution >= 4 is 44.9 Å². The zero-order valence-electron chi connectivity index (χ0n) is 18.7. The van der Waals surface area contributed by atoms with Gasteiger partial charge in [0, 0.05) is 42.3 Å². The van der Waals surface area contributed by atoms with E-state index in [2.05, 4.69) is 31.5 Å². The summed E-state index contributed by atoms with van der Waals surface area (Å²) in [5, 5.41) is 24.3. The van der Waals surface area contributed by atoms with E-state index in [-0.39, 0.29) is 0 Å². The maximum Gasteiger partial charge on any atom is 0.226 e. The number of piperidine rings is 1. The summed E-state index contributed by atoms with van der Waals surface area (Å²) in [6.45, 7) is 2.50. The Labute approximate surface area is 196 Å². The van der Waals surface area contributed by atoms with Crippen molar-refractivity contribution in [2.24, 2.45) is 5.92 Å². The van der Waals surface area contributed by atoms with Crippen LogP contribution in [0.3, 0.4) is 0 Å². The van der Waals surface area contributed by atoms with Gasteiger partial charge >= 0.3 is 0 Å². The molecule has 5 heterocycles. The lowest BCUT2D eigenvalue weighted by Gasteiger charge is -2.30. The van der Waals surface area contributed by atoms with Gasteiger partial charge in [0.2, 0.25) is 5.95 Å². The number of hydrogen-bond donors (Lipinski definition) is 5. The van der Waals surface area contributed by atoms with E-state index >= 15 is 0 Å². The van der Waals surface area contributed by atoms with Gasteiger partial charge in [0.1, 0.15) is 16.4 Å². The molecule has 4 atom stereocenters. The van der Waals surface area contributed by atoms with E-state index in [4.69, 9.17) is 9.97 Å². The molecule has 5 N–H and O–H groups in total. The molecule has 0 radical (unpaired) electrons. The number of thiophene rings is 1. The van der Waals surface area contributed by atoms with Crippen LogP contribution in [0.15, 0.2) is 17.5 Å². The number of H-pyrrole nitrogens is 1. The van der Waals surface area contributed by atoms with Crippen molar-refractivity contribution < 1.29 is 4.79 Å². The molecule has 6 rings (SSSR count). The molecule has 0 aromatic carbocycles. The van der Waals surface area contributed by atoms with E-state index in [1.165, 1.54) is 12.8 Å². The number of anilines is 3. The van der Waals surface area contributed by atoms with Gasteiger partial charge in [-0.2, -0.15) is 10.1 Å². The van der Waals surface area contributed by atoms with Gasteiger partial charge < -0.3 is 21.3 Å². The third-order valence-corrected chi connectivity index (χ3v) is 7.79. The minimum atomic E-state index is 0.295. The molecule has 3 fully saturated rings. The number of Topliss-reactive ketones (excluding diaryl/α,β-unsaturated/α-hetero) is 1. The molecule has 1 unspecified atom stereocenters. The van der Waals surface area contributed by atoms with Gasteiger partial charge in [-0.15, -0.1) is 11.3 Å². The average molecular weight is 467 g/mol. The molecular formula is C23H30N8OS. The lowest BCUT2D eigenvalue weighted by atomic mass is 9.92. The summed E-state index contributed by atoms with van der Waals surface area (Å²) in [4.78, 5) is 23.0. The molecule has 2 aliphatic heterocycles. The third kappa shape index (κ3) is 4.73. The highest BCUT2D eigenvalue weighted by Gasteiger charge is 2.41. The van der Waals surface area contributed by atoms with E-state index < -0.39 is 0 Å². The van der Waals surface area contributed by atoms with E-state index in [1.54, 1.807) is 11.3 Å². The SMILES string of the molecule is Cc1cc(Nc2nc(N[C@H]3C[C@@H]4CC(CC(=O)CNC5CC5)[C@H](C3)N4)nc3sccc23)n[nH]1. The fraction of sp³-hybridized carbons (Fsp3) is 0.565. The van der Waals surface area contributed by atoms with Crippen molar-refractivity contribution in [1.82, 2.24) is 30.8 Å². The summed E-state index contributed by atoms with van der Waals surface area (Å²) in [5.41, 5.74) is 0.994. The van der Waals surface area contributed by atoms with Crippen LogP contribution >= 0.6 is 11.3 Å². The molecule has 10 heteroatoms. The summed E-state index contributed by atoms with van der Waals surface area (Å²) in [5.74, 6) is 2.93. The fourth-order valence-corrected chi connectivity index (χ4v) is 6.03. The van der Waals surface area contributed by atoms with E-state index in [9.17, 15) is 4.79 Å². The van der Waals surface area contributed by atoms with Crippen molar-refractivity contribution in [2.45, 2.75) is 69.6 Å². The van der Waals surface area contributed by atoms with Crippen LogP contribution in [-0.2, 0) is 4.79 Å². The van der Waals surface area contributed by atoms with Crippen molar-refractivity contribution in [3.63, 3.8) is 0 Å². The minimum Gasteiger partial charge on any atom is -0.351 e. The maximum atomic E-state index is 12.4. The first kappa shape index (κ1) is 21.0. The summed E-state index contributed by atoms with van der Waals surface area (Å²) in [6, 6.07) is 5.70. The Hall–Kier alpha value is -2.56. The highest BCUT2D eigenvalue weighted by Crippen LogP contribution is 2.36. The Morgan fingerprint density at radius 3 is 2.94 bits per heavy atom. The fourth-order valence-electron chi connectivity index (χ4n) is 5.26. The van der Waals surface area contributed by atoms with Gasteiger partial charge in [0.05, 0.1) is 11.9 Å². The Bertz CT molecular complexity index is 1150. The zero-order valence-corrected chi connectivity index (χ0v) is 19.5. The van der Waals surface area contributed by atoms with Crippen LogP contribution in [-0.4, -0.2) is 56.7 Å². The first-order valence-electron chi connectivity index (χ1n) is 11.9. The molecule has 3 aromatic heterocycles. The summed E-state index contributed by atoms with van der Waals surface area (Å²) < 4.78 is 0. The molecule has 1 saturated carbocycles. The smallest absolute Gasteiger partial charge is 0.226 e. The largest absolute Gasteiger partial charge is 0.351 e. The minimum absolute atomic E-state index is 0.295. The number of carbonyl (C=O) groups is 1. The summed E-state index contributed by atoms with van der Waals surface area (Å²) >= 11 is 1.61. The molecule has 3 aromatic rings. The molecular weight excluding hydrogens is 436 g/mol. The van der Waals surface area contributed by atoms with Gasteiger partial charge in [-0.05, 0) is 56.4 Å². The number of aryl methyl sites for hydroxylation is 1. The van der Waals surface area contributed by atoms with Crippen LogP contribution in [0, 0.1) is 12.8 Å². The predicted octanol–water partition coefficient (Wildman–Crippen LogP) is 3.10. The van der Waals surface area contributed by atoms with Crippen LogP contribution in [0.5, 0.6) is 0 Å². The first-order chi connectivity index (χ1) is 16.1. The molecule has 0 amide bonds. The number of fused-ring (bicyclic) bond motifs is 3. The van der Waals surface area contributed by atoms with E-state index in [0.717, 1.165) is 46.8 Å². The van der Waals surface area contributed by atoms with Crippen molar-refractivity contribution in [3.05, 3.63) is 23.2 Å². The quantitative estimate of drug-likeness (QED) is 0.326. The zero-order chi connectivity index (χ0) is 22.4. The summed E-state index contributed by atoms with van der Waals surface area (Å²) in [7, 11) is 0. The summed E-state index contributed by atoms with van der Waals surface area (Å²) in [6.07, 6.45) is 6.19. The molecule has 174 valence electrons. The number of nitrogens with zero attached hydrogens (tertiary/aromatic N) is 3. The Balaban J connectivity index is 1.12. The van der Waals surface area contributed by atoms with E-state index in [1.807, 2.05) is 24.4 Å². The molecule has 1 aliphatic carbocycles. The van der Waals surface area contributed by atoms with E-state index in [0.29, 0.717) is 54.8 Å². The number of rotatable bonds is 9. The second-order valence-electron chi connectivity index (χ2n) is 9.77. The Morgan fingerprint density at radius 2 is 2.12 bits per heavy atom. The van der Waals surface area contributed by atoms with Crippen molar-refractivity contribution in [2.75, 3.05) is 17.2 Å². The van der Waals surface area contributed by atoms with Crippen LogP contribution in [0.25, 0.3) is 10.2 Å². The molecule has 2 bridgehead atoms. The number of nitrogens with one attached hydrogen (secondary N) is 5. The van der Waals surface area contributed by atoms with Crippen LogP contribution < -0.4 is 21.3 Å². The lowest BCUT2D eigenvalue weighted by molar-refractivity contribution is -0.119. The highest BCUT2D eigenvalue weighted by atomic mass is 32.1. The van der Waals surface area contributed by atoms with Gasteiger partial charge in [-0.3, -0.25) is 9.89 Å². The monoisotopic (exact) mass is 466 g/mol. The number of hydrogen-bond acceptors (Lipinski definition) is 9. The molecule has 0 spiro atoms. The normalized spacial score (nSPS) is 26.6. The topological polar surface area (TPSA) is 120 Å². The van der Waals surface area contributed by atoms with Crippen LogP contribution in [0.2, 0.25) is 0 Å². The third-order valence-electron chi connectivity index (χ3n) is 6.98. The van der Waals surface area contributed by atoms with Crippen LogP contribution in [0.4, 0.5) is 17.6 Å². The highest BCUT2D eigenvalue weighted by molar-refractivity contribution is 7.16. The molecule has 9 nitrogen and oxygen atoms in total. The maximum absolute atomic E-state index is 12.4. The molecule has 3 aliphatic rings. The second kappa shape index (κ2) is 8.66. The Kier molecular flexibility index (Phi) is 5.51. The number of carbonyl (C=O) groups excluding carboxylic acids is 1. The number of aromatic amines is 1. The average Bonchev–Trinajstić information content (AvgIpc) is 3.21. The Morgan fingerprint density at radius 1 is 1.21 bits per heavy atom. The standard InChI is InChI=1S/C23H30N8OS/c1-12-6-20(31-30-12)27-21-18-4-5-33-22(18)29-23(28-21)26-16-9-15-7-13(19(10-16)25-15)8-17(32)11-24-14-2-3-14/h4-6,13-16,19,24-25H,2-3,7-11H2,1H3,(H3,26,27,28,29,30,31)/t13?,15-,16-,19-/m0/s1. The molecule has 2 saturated heterocycles. The number of ketones is 1. The predicted molar refractivity (Wildman–Crippen MR) is 130 cm³/mol. The lowest BCUT2D eigenvalue weighted by Crippen LogP contribution is -2.45. The van der Waals surface area contributed by atoms with Crippen LogP contribution in [0.1, 0.15) is 44.2 Å². The van der Waals surface area contributed by atoms with Crippen molar-refractivity contribution in [1.29, 1.82) is 0 Å². The van der Waals surface area contributed by atoms with Crippen molar-refractivity contribution in [3.8, 4) is 0 Å². The number of aromatic nitrogens is 4. The molecule has 33 heavy (non-hydrogen) atoms. The van der Waals surface area contributed by atoms with Gasteiger partial charge in [-0.25, -0.2) is 4.98 Å².